The topological polar surface area (TPSA) is 56.5 Å². The largest absolute Gasteiger partial charge is 0.494 e. The molecular formula is C20H23N3O2S. The lowest BCUT2D eigenvalue weighted by Crippen LogP contribution is -2.16. The Labute approximate surface area is 157 Å². The van der Waals surface area contributed by atoms with Gasteiger partial charge in [0.25, 0.3) is 5.56 Å². The number of rotatable bonds is 7. The predicted octanol–water partition coefficient (Wildman–Crippen LogP) is 4.53. The Bertz CT molecular complexity index is 971. The fraction of sp³-hybridized carbons (Fsp3) is 0.350. The number of aromatic nitrogens is 2. The van der Waals surface area contributed by atoms with E-state index in [0.717, 1.165) is 39.6 Å². The van der Waals surface area contributed by atoms with E-state index in [1.54, 1.807) is 6.21 Å². The molecule has 0 aliphatic rings. The quantitative estimate of drug-likeness (QED) is 0.454. The maximum Gasteiger partial charge on any atom is 0.282 e. The minimum absolute atomic E-state index is 0.135. The Morgan fingerprint density at radius 2 is 2.00 bits per heavy atom. The summed E-state index contributed by atoms with van der Waals surface area (Å²) in [7, 11) is 0. The molecule has 0 spiro atoms. The van der Waals surface area contributed by atoms with Gasteiger partial charge < -0.3 is 4.74 Å². The van der Waals surface area contributed by atoms with E-state index in [-0.39, 0.29) is 5.56 Å². The Morgan fingerprint density at radius 1 is 1.23 bits per heavy atom. The first-order valence-electron chi connectivity index (χ1n) is 8.84. The number of thiophene rings is 1. The summed E-state index contributed by atoms with van der Waals surface area (Å²) in [5.41, 5.74) is 1.75. The zero-order valence-corrected chi connectivity index (χ0v) is 16.2. The van der Waals surface area contributed by atoms with Gasteiger partial charge in [0.1, 0.15) is 16.9 Å². The fourth-order valence-corrected chi connectivity index (χ4v) is 3.62. The van der Waals surface area contributed by atoms with Crippen molar-refractivity contribution in [2.24, 2.45) is 5.10 Å². The van der Waals surface area contributed by atoms with E-state index in [0.29, 0.717) is 5.39 Å². The molecule has 0 atom stereocenters. The molecule has 0 aliphatic heterocycles. The first-order chi connectivity index (χ1) is 12.6. The first kappa shape index (κ1) is 18.3. The lowest BCUT2D eigenvalue weighted by atomic mass is 10.2. The van der Waals surface area contributed by atoms with Crippen molar-refractivity contribution in [3.8, 4) is 5.75 Å². The molecule has 0 aliphatic carbocycles. The van der Waals surface area contributed by atoms with Crippen molar-refractivity contribution >= 4 is 27.8 Å². The van der Waals surface area contributed by atoms with Crippen LogP contribution < -0.4 is 10.3 Å². The van der Waals surface area contributed by atoms with Crippen LogP contribution in [0, 0.1) is 13.8 Å². The summed E-state index contributed by atoms with van der Waals surface area (Å²) in [6.07, 6.45) is 6.57. The highest BCUT2D eigenvalue weighted by molar-refractivity contribution is 7.18. The van der Waals surface area contributed by atoms with Crippen molar-refractivity contribution in [1.82, 2.24) is 9.66 Å². The van der Waals surface area contributed by atoms with E-state index >= 15 is 0 Å². The number of aryl methyl sites for hydroxylation is 2. The number of benzene rings is 1. The minimum atomic E-state index is -0.135. The molecule has 3 aromatic rings. The minimum Gasteiger partial charge on any atom is -0.494 e. The molecule has 26 heavy (non-hydrogen) atoms. The monoisotopic (exact) mass is 369 g/mol. The Hall–Kier alpha value is -2.47. The molecule has 136 valence electrons. The van der Waals surface area contributed by atoms with Gasteiger partial charge in [-0.3, -0.25) is 4.79 Å². The van der Waals surface area contributed by atoms with Gasteiger partial charge in [-0.2, -0.15) is 9.78 Å². The van der Waals surface area contributed by atoms with Crippen LogP contribution in [0.4, 0.5) is 0 Å². The molecule has 6 heteroatoms. The van der Waals surface area contributed by atoms with Gasteiger partial charge in [0, 0.05) is 4.88 Å². The molecule has 0 radical (unpaired) electrons. The van der Waals surface area contributed by atoms with Gasteiger partial charge >= 0.3 is 0 Å². The van der Waals surface area contributed by atoms with Gasteiger partial charge in [-0.25, -0.2) is 4.98 Å². The lowest BCUT2D eigenvalue weighted by molar-refractivity contribution is 0.306. The number of nitrogens with zero attached hydrogens (tertiary/aromatic N) is 3. The van der Waals surface area contributed by atoms with E-state index in [1.165, 1.54) is 35.2 Å². The number of hydrogen-bond acceptors (Lipinski definition) is 5. The molecule has 0 N–H and O–H groups in total. The van der Waals surface area contributed by atoms with Gasteiger partial charge in [0.2, 0.25) is 0 Å². The fourth-order valence-electron chi connectivity index (χ4n) is 2.63. The zero-order chi connectivity index (χ0) is 18.5. The van der Waals surface area contributed by atoms with E-state index in [4.69, 9.17) is 4.74 Å². The lowest BCUT2D eigenvalue weighted by Gasteiger charge is -2.05. The maximum atomic E-state index is 12.6. The average Bonchev–Trinajstić information content (AvgIpc) is 2.94. The van der Waals surface area contributed by atoms with Crippen LogP contribution in [0.3, 0.4) is 0 Å². The Morgan fingerprint density at radius 3 is 2.73 bits per heavy atom. The molecule has 0 amide bonds. The summed E-state index contributed by atoms with van der Waals surface area (Å²) in [6, 6.07) is 7.69. The molecule has 0 bridgehead atoms. The highest BCUT2D eigenvalue weighted by atomic mass is 32.1. The zero-order valence-electron chi connectivity index (χ0n) is 15.4. The second kappa shape index (κ2) is 8.27. The van der Waals surface area contributed by atoms with Crippen molar-refractivity contribution < 1.29 is 4.74 Å². The molecule has 2 heterocycles. The molecular weight excluding hydrogens is 346 g/mol. The molecule has 2 aromatic heterocycles. The van der Waals surface area contributed by atoms with Crippen molar-refractivity contribution in [3.63, 3.8) is 0 Å². The predicted molar refractivity (Wildman–Crippen MR) is 108 cm³/mol. The Kier molecular flexibility index (Phi) is 5.83. The number of hydrogen-bond donors (Lipinski definition) is 0. The van der Waals surface area contributed by atoms with Crippen LogP contribution in [0.2, 0.25) is 0 Å². The van der Waals surface area contributed by atoms with Crippen LogP contribution in [0.1, 0.15) is 42.2 Å². The third-order valence-corrected chi connectivity index (χ3v) is 5.42. The summed E-state index contributed by atoms with van der Waals surface area (Å²) in [4.78, 5) is 18.8. The molecule has 0 saturated carbocycles. The molecule has 3 rings (SSSR count). The van der Waals surface area contributed by atoms with Gasteiger partial charge in [-0.1, -0.05) is 19.8 Å². The summed E-state index contributed by atoms with van der Waals surface area (Å²) in [5.74, 6) is 0.850. The van der Waals surface area contributed by atoms with Crippen LogP contribution in [-0.4, -0.2) is 22.5 Å². The third kappa shape index (κ3) is 4.02. The smallest absolute Gasteiger partial charge is 0.282 e. The summed E-state index contributed by atoms with van der Waals surface area (Å²) >= 11 is 1.54. The van der Waals surface area contributed by atoms with Crippen LogP contribution in [0.25, 0.3) is 10.2 Å². The SMILES string of the molecule is CCCCCOc1ccc(/C=N/n2cnc3sc(C)c(C)c3c2=O)cc1. The van der Waals surface area contributed by atoms with Crippen molar-refractivity contribution in [3.05, 3.63) is 57.0 Å². The van der Waals surface area contributed by atoms with Gasteiger partial charge in [0.05, 0.1) is 18.2 Å². The normalized spacial score (nSPS) is 11.5. The van der Waals surface area contributed by atoms with Gasteiger partial charge in [-0.05, 0) is 55.7 Å². The highest BCUT2D eigenvalue weighted by Crippen LogP contribution is 2.25. The first-order valence-corrected chi connectivity index (χ1v) is 9.66. The second-order valence-corrected chi connectivity index (χ2v) is 7.43. The maximum absolute atomic E-state index is 12.6. The molecule has 1 aromatic carbocycles. The average molecular weight is 369 g/mol. The Balaban J connectivity index is 1.73. The van der Waals surface area contributed by atoms with Crippen LogP contribution >= 0.6 is 11.3 Å². The van der Waals surface area contributed by atoms with E-state index < -0.39 is 0 Å². The summed E-state index contributed by atoms with van der Waals surface area (Å²) in [6.45, 7) is 6.86. The van der Waals surface area contributed by atoms with Gasteiger partial charge in [-0.15, -0.1) is 11.3 Å². The van der Waals surface area contributed by atoms with E-state index in [2.05, 4.69) is 17.0 Å². The molecule has 5 nitrogen and oxygen atoms in total. The molecule has 0 saturated heterocycles. The molecule has 0 fully saturated rings. The van der Waals surface area contributed by atoms with E-state index in [1.807, 2.05) is 38.1 Å². The van der Waals surface area contributed by atoms with Gasteiger partial charge in [0.15, 0.2) is 0 Å². The van der Waals surface area contributed by atoms with Crippen LogP contribution in [0.5, 0.6) is 5.75 Å². The standard InChI is InChI=1S/C20H23N3O2S/c1-4-5-6-11-25-17-9-7-16(8-10-17)12-22-23-13-21-19-18(20(23)24)14(2)15(3)26-19/h7-10,12-13H,4-6,11H2,1-3H3/b22-12+. The van der Waals surface area contributed by atoms with Crippen LogP contribution in [-0.2, 0) is 0 Å². The summed E-state index contributed by atoms with van der Waals surface area (Å²) < 4.78 is 6.99. The number of fused-ring (bicyclic) bond motifs is 1. The second-order valence-electron chi connectivity index (χ2n) is 6.23. The summed E-state index contributed by atoms with van der Waals surface area (Å²) in [5, 5.41) is 4.93. The van der Waals surface area contributed by atoms with Crippen molar-refractivity contribution in [2.45, 2.75) is 40.0 Å². The van der Waals surface area contributed by atoms with Crippen molar-refractivity contribution in [2.75, 3.05) is 6.61 Å². The third-order valence-electron chi connectivity index (χ3n) is 4.30. The highest BCUT2D eigenvalue weighted by Gasteiger charge is 2.11. The van der Waals surface area contributed by atoms with Crippen LogP contribution in [0.15, 0.2) is 40.5 Å². The van der Waals surface area contributed by atoms with E-state index in [9.17, 15) is 4.79 Å². The molecule has 0 unspecified atom stereocenters. The number of unbranched alkanes of at least 4 members (excludes halogenated alkanes) is 2. The number of ether oxygens (including phenoxy) is 1. The van der Waals surface area contributed by atoms with Crippen molar-refractivity contribution in [1.29, 1.82) is 0 Å².